The fourth-order valence-electron chi connectivity index (χ4n) is 3.27. The number of halogens is 1. The maximum atomic E-state index is 13.5. The molecule has 1 aliphatic heterocycles. The van der Waals surface area contributed by atoms with Crippen LogP contribution in [0.15, 0.2) is 46.2 Å². The molecule has 3 rings (SSSR count). The number of rotatable bonds is 8. The van der Waals surface area contributed by atoms with Crippen LogP contribution in [0.3, 0.4) is 0 Å². The van der Waals surface area contributed by atoms with Crippen LogP contribution >= 0.6 is 35.3 Å². The number of unbranched alkanes of at least 4 members (excludes halogenated alkanes) is 1. The molecule has 34 heavy (non-hydrogen) atoms. The zero-order valence-electron chi connectivity index (χ0n) is 21.2. The highest BCUT2D eigenvalue weighted by Crippen LogP contribution is 2.44. The Bertz CT molecular complexity index is 932. The Balaban J connectivity index is 0.000000945. The van der Waals surface area contributed by atoms with E-state index in [0.29, 0.717) is 11.7 Å². The van der Waals surface area contributed by atoms with Crippen LogP contribution < -0.4 is 4.90 Å². The van der Waals surface area contributed by atoms with Crippen molar-refractivity contribution in [1.29, 1.82) is 0 Å². The van der Waals surface area contributed by atoms with Crippen molar-refractivity contribution in [2.75, 3.05) is 23.5 Å². The summed E-state index contributed by atoms with van der Waals surface area (Å²) in [7, 11) is 0. The van der Waals surface area contributed by atoms with Gasteiger partial charge >= 0.3 is 5.97 Å². The van der Waals surface area contributed by atoms with Gasteiger partial charge in [-0.25, -0.2) is 4.39 Å². The first-order valence-electron chi connectivity index (χ1n) is 11.9. The van der Waals surface area contributed by atoms with Crippen LogP contribution in [0.4, 0.5) is 15.8 Å². The first-order valence-corrected chi connectivity index (χ1v) is 15.1. The molecule has 0 spiro atoms. The monoisotopic (exact) mass is 523 g/mol. The third-order valence-electron chi connectivity index (χ3n) is 5.89. The van der Waals surface area contributed by atoms with Crippen molar-refractivity contribution >= 4 is 52.6 Å². The van der Waals surface area contributed by atoms with Crippen molar-refractivity contribution in [3.05, 3.63) is 47.8 Å². The maximum absolute atomic E-state index is 13.5. The molecule has 0 amide bonds. The highest BCUT2D eigenvalue weighted by Gasteiger charge is 2.29. The molecule has 0 aromatic heterocycles. The SMILES string of the molecule is CCC1CSc2cc(CSC(C)(C)C(=O)O)c(SC)cc2N(c2ccc(F)cc2)C1.CCCC. The molecule has 2 aromatic carbocycles. The van der Waals surface area contributed by atoms with E-state index in [2.05, 4.69) is 44.1 Å². The lowest BCUT2D eigenvalue weighted by atomic mass is 10.1. The van der Waals surface area contributed by atoms with Gasteiger partial charge in [-0.3, -0.25) is 4.79 Å². The van der Waals surface area contributed by atoms with Crippen LogP contribution in [-0.2, 0) is 10.5 Å². The van der Waals surface area contributed by atoms with E-state index in [1.165, 1.54) is 47.2 Å². The van der Waals surface area contributed by atoms with Crippen molar-refractivity contribution in [3.8, 4) is 0 Å². The maximum Gasteiger partial charge on any atom is 0.319 e. The molecule has 0 radical (unpaired) electrons. The zero-order valence-corrected chi connectivity index (χ0v) is 23.6. The topological polar surface area (TPSA) is 40.5 Å². The van der Waals surface area contributed by atoms with E-state index in [-0.39, 0.29) is 5.82 Å². The third kappa shape index (κ3) is 7.85. The molecule has 1 atom stereocenters. The number of hydrogen-bond acceptors (Lipinski definition) is 5. The van der Waals surface area contributed by atoms with Crippen LogP contribution in [0.1, 0.15) is 59.4 Å². The van der Waals surface area contributed by atoms with E-state index in [1.807, 2.05) is 23.9 Å². The van der Waals surface area contributed by atoms with Crippen molar-refractivity contribution in [2.45, 2.75) is 74.2 Å². The number of nitrogens with zero attached hydrogens (tertiary/aromatic N) is 1. The van der Waals surface area contributed by atoms with Gasteiger partial charge < -0.3 is 10.0 Å². The van der Waals surface area contributed by atoms with Gasteiger partial charge in [0, 0.05) is 33.5 Å². The number of carboxylic acids is 1. The lowest BCUT2D eigenvalue weighted by Crippen LogP contribution is -2.27. The molecule has 0 aliphatic carbocycles. The molecule has 0 saturated carbocycles. The lowest BCUT2D eigenvalue weighted by Gasteiger charge is -2.28. The number of anilines is 2. The summed E-state index contributed by atoms with van der Waals surface area (Å²) < 4.78 is 12.7. The quantitative estimate of drug-likeness (QED) is 0.349. The zero-order chi connectivity index (χ0) is 25.3. The number of fused-ring (bicyclic) bond motifs is 1. The second-order valence-electron chi connectivity index (χ2n) is 8.91. The molecule has 1 N–H and O–H groups in total. The van der Waals surface area contributed by atoms with E-state index >= 15 is 0 Å². The van der Waals surface area contributed by atoms with E-state index in [1.54, 1.807) is 25.6 Å². The smallest absolute Gasteiger partial charge is 0.319 e. The summed E-state index contributed by atoms with van der Waals surface area (Å²) in [5.41, 5.74) is 3.32. The van der Waals surface area contributed by atoms with E-state index in [4.69, 9.17) is 0 Å². The Kier molecular flexibility index (Phi) is 11.6. The average molecular weight is 524 g/mol. The van der Waals surface area contributed by atoms with Gasteiger partial charge in [-0.15, -0.1) is 35.3 Å². The van der Waals surface area contributed by atoms with Gasteiger partial charge in [-0.1, -0.05) is 40.0 Å². The number of hydrogen-bond donors (Lipinski definition) is 1. The van der Waals surface area contributed by atoms with E-state index in [9.17, 15) is 14.3 Å². The van der Waals surface area contributed by atoms with Gasteiger partial charge in [0.1, 0.15) is 10.6 Å². The summed E-state index contributed by atoms with van der Waals surface area (Å²) >= 11 is 5.00. The predicted octanol–water partition coefficient (Wildman–Crippen LogP) is 8.72. The average Bonchev–Trinajstić information content (AvgIpc) is 3.01. The minimum atomic E-state index is -0.830. The molecule has 1 aliphatic rings. The first kappa shape index (κ1) is 28.9. The van der Waals surface area contributed by atoms with Crippen molar-refractivity contribution < 1.29 is 14.3 Å². The molecule has 0 fully saturated rings. The fraction of sp³-hybridized carbons (Fsp3) is 0.519. The number of aliphatic carboxylic acids is 1. The Hall–Kier alpha value is -1.31. The van der Waals surface area contributed by atoms with Crippen LogP contribution in [0, 0.1) is 11.7 Å². The van der Waals surface area contributed by atoms with Crippen molar-refractivity contribution in [1.82, 2.24) is 0 Å². The van der Waals surface area contributed by atoms with E-state index in [0.717, 1.165) is 35.0 Å². The molecule has 3 nitrogen and oxygen atoms in total. The Morgan fingerprint density at radius 3 is 2.35 bits per heavy atom. The Morgan fingerprint density at radius 1 is 1.18 bits per heavy atom. The highest BCUT2D eigenvalue weighted by atomic mass is 32.2. The summed E-state index contributed by atoms with van der Waals surface area (Å²) in [6, 6.07) is 11.2. The highest BCUT2D eigenvalue weighted by molar-refractivity contribution is 8.01. The second-order valence-corrected chi connectivity index (χ2v) is 12.4. The Labute approximate surface area is 217 Å². The molecule has 7 heteroatoms. The molecular weight excluding hydrogens is 486 g/mol. The molecule has 188 valence electrons. The van der Waals surface area contributed by atoms with Crippen molar-refractivity contribution in [3.63, 3.8) is 0 Å². The molecule has 1 unspecified atom stereocenters. The summed E-state index contributed by atoms with van der Waals surface area (Å²) in [6.07, 6.45) is 5.78. The summed E-state index contributed by atoms with van der Waals surface area (Å²) in [6.45, 7) is 11.0. The summed E-state index contributed by atoms with van der Waals surface area (Å²) in [5.74, 6) is 1.20. The normalized spacial score (nSPS) is 15.7. The minimum absolute atomic E-state index is 0.228. The van der Waals surface area contributed by atoms with E-state index < -0.39 is 10.7 Å². The van der Waals surface area contributed by atoms with Gasteiger partial charge in [0.15, 0.2) is 0 Å². The van der Waals surface area contributed by atoms with Gasteiger partial charge in [0.2, 0.25) is 0 Å². The lowest BCUT2D eigenvalue weighted by molar-refractivity contribution is -0.138. The third-order valence-corrected chi connectivity index (χ3v) is 9.33. The number of benzene rings is 2. The standard InChI is InChI=1S/C23H28FNO2S3.C4H10/c1-5-15-12-25(18-8-6-17(24)7-9-18)19-11-20(28-4)16(10-21(19)29-13-15)14-30-23(2,3)22(26)27;1-3-4-2/h6-11,15H,5,12-14H2,1-4H3,(H,26,27);3-4H2,1-2H3. The number of carboxylic acid groups (broad SMARTS) is 1. The Morgan fingerprint density at radius 2 is 1.82 bits per heavy atom. The summed E-state index contributed by atoms with van der Waals surface area (Å²) in [5, 5.41) is 9.45. The molecule has 2 aromatic rings. The predicted molar refractivity (Wildman–Crippen MR) is 150 cm³/mol. The number of carbonyl (C=O) groups is 1. The van der Waals surface area contributed by atoms with Crippen LogP contribution in [0.2, 0.25) is 0 Å². The molecule has 0 bridgehead atoms. The van der Waals surface area contributed by atoms with Gasteiger partial charge in [0.25, 0.3) is 0 Å². The molecular formula is C27H38FNO2S3. The largest absolute Gasteiger partial charge is 0.480 e. The van der Waals surface area contributed by atoms with Gasteiger partial charge in [0.05, 0.1) is 5.69 Å². The molecule has 1 heterocycles. The first-order chi connectivity index (χ1) is 16.2. The second kappa shape index (κ2) is 13.7. The van der Waals surface area contributed by atoms with Gasteiger partial charge in [-0.05, 0) is 68.0 Å². The fourth-order valence-corrected chi connectivity index (χ4v) is 6.16. The van der Waals surface area contributed by atoms with Gasteiger partial charge in [-0.2, -0.15) is 0 Å². The number of thioether (sulfide) groups is 3. The van der Waals surface area contributed by atoms with Crippen LogP contribution in [0.25, 0.3) is 0 Å². The van der Waals surface area contributed by atoms with Crippen molar-refractivity contribution in [2.24, 2.45) is 5.92 Å². The van der Waals surface area contributed by atoms with Crippen LogP contribution in [-0.4, -0.2) is 34.4 Å². The summed E-state index contributed by atoms with van der Waals surface area (Å²) in [4.78, 5) is 16.2. The minimum Gasteiger partial charge on any atom is -0.480 e. The van der Waals surface area contributed by atoms with Crippen LogP contribution in [0.5, 0.6) is 0 Å². The molecule has 0 saturated heterocycles.